The molecule has 0 radical (unpaired) electrons. The summed E-state index contributed by atoms with van der Waals surface area (Å²) in [5.41, 5.74) is 0.727. The summed E-state index contributed by atoms with van der Waals surface area (Å²) >= 11 is 0. The number of halogens is 1. The number of likely N-dealkylation sites (tertiary alicyclic amines) is 1. The van der Waals surface area contributed by atoms with Gasteiger partial charge >= 0.3 is 0 Å². The molecule has 1 aliphatic heterocycles. The van der Waals surface area contributed by atoms with Crippen LogP contribution in [-0.2, 0) is 5.41 Å². The minimum absolute atomic E-state index is 0.0946. The molecule has 4 rings (SSSR count). The van der Waals surface area contributed by atoms with Crippen LogP contribution < -0.4 is 10.6 Å². The van der Waals surface area contributed by atoms with Crippen molar-refractivity contribution in [1.29, 1.82) is 0 Å². The number of hydrogen-bond donors (Lipinski definition) is 2. The van der Waals surface area contributed by atoms with Gasteiger partial charge in [0.05, 0.1) is 6.54 Å². The predicted octanol–water partition coefficient (Wildman–Crippen LogP) is 3.04. The van der Waals surface area contributed by atoms with Crippen LogP contribution in [-0.4, -0.2) is 48.6 Å². The molecule has 3 fully saturated rings. The lowest BCUT2D eigenvalue weighted by Gasteiger charge is -2.21. The number of nitrogens with zero attached hydrogens (tertiary/aromatic N) is 2. The van der Waals surface area contributed by atoms with E-state index in [-0.39, 0.29) is 11.2 Å². The van der Waals surface area contributed by atoms with Crippen molar-refractivity contribution in [2.75, 3.05) is 19.6 Å². The van der Waals surface area contributed by atoms with E-state index in [1.165, 1.54) is 19.3 Å². The van der Waals surface area contributed by atoms with Gasteiger partial charge in [0.25, 0.3) is 0 Å². The Morgan fingerprint density at radius 1 is 1.31 bits per heavy atom. The summed E-state index contributed by atoms with van der Waals surface area (Å²) in [5, 5.41) is 7.01. The molecule has 1 aromatic rings. The fourth-order valence-corrected chi connectivity index (χ4v) is 4.37. The van der Waals surface area contributed by atoms with E-state index in [2.05, 4.69) is 29.4 Å². The van der Waals surface area contributed by atoms with Gasteiger partial charge in [0.2, 0.25) is 0 Å². The second-order valence-electron chi connectivity index (χ2n) is 8.31. The van der Waals surface area contributed by atoms with Crippen molar-refractivity contribution in [2.45, 2.75) is 69.5 Å². The number of nitrogens with one attached hydrogen (secondary N) is 2. The van der Waals surface area contributed by atoms with Crippen molar-refractivity contribution in [2.24, 2.45) is 4.99 Å². The molecule has 0 amide bonds. The van der Waals surface area contributed by atoms with Gasteiger partial charge in [0.15, 0.2) is 5.96 Å². The molecule has 1 saturated heterocycles. The summed E-state index contributed by atoms with van der Waals surface area (Å²) in [6, 6.07) is 9.09. The van der Waals surface area contributed by atoms with Crippen LogP contribution in [0.1, 0.15) is 51.5 Å². The average Bonchev–Trinajstić information content (AvgIpc) is 3.54. The maximum Gasteiger partial charge on any atom is 0.191 e. The van der Waals surface area contributed by atoms with Crippen LogP contribution in [0.2, 0.25) is 0 Å². The van der Waals surface area contributed by atoms with Crippen molar-refractivity contribution >= 4 is 5.96 Å². The fraction of sp³-hybridized carbons (Fsp3) is 0.667. The third-order valence-corrected chi connectivity index (χ3v) is 6.16. The van der Waals surface area contributed by atoms with E-state index in [9.17, 15) is 4.39 Å². The first-order valence-corrected chi connectivity index (χ1v) is 10.2. The molecule has 26 heavy (non-hydrogen) atoms. The van der Waals surface area contributed by atoms with Crippen LogP contribution in [0.4, 0.5) is 4.39 Å². The van der Waals surface area contributed by atoms with Gasteiger partial charge in [-0.2, -0.15) is 0 Å². The molecule has 0 spiro atoms. The van der Waals surface area contributed by atoms with Gasteiger partial charge in [0.1, 0.15) is 5.82 Å². The molecule has 3 aliphatic rings. The lowest BCUT2D eigenvalue weighted by Crippen LogP contribution is -2.45. The topological polar surface area (TPSA) is 39.7 Å². The molecule has 5 heteroatoms. The largest absolute Gasteiger partial charge is 0.357 e. The summed E-state index contributed by atoms with van der Waals surface area (Å²) in [5.74, 6) is 0.785. The van der Waals surface area contributed by atoms with Crippen molar-refractivity contribution in [3.63, 3.8) is 0 Å². The molecule has 2 atom stereocenters. The van der Waals surface area contributed by atoms with Crippen molar-refractivity contribution in [1.82, 2.24) is 15.5 Å². The first kappa shape index (κ1) is 17.8. The summed E-state index contributed by atoms with van der Waals surface area (Å²) in [4.78, 5) is 7.49. The first-order valence-electron chi connectivity index (χ1n) is 10.2. The van der Waals surface area contributed by atoms with Crippen LogP contribution in [0.3, 0.4) is 0 Å². The Morgan fingerprint density at radius 3 is 2.73 bits per heavy atom. The van der Waals surface area contributed by atoms with E-state index < -0.39 is 0 Å². The van der Waals surface area contributed by atoms with E-state index in [0.717, 1.165) is 43.5 Å². The number of rotatable bonds is 6. The Kier molecular flexibility index (Phi) is 4.91. The molecule has 2 unspecified atom stereocenters. The van der Waals surface area contributed by atoms with Crippen LogP contribution in [0.25, 0.3) is 0 Å². The monoisotopic (exact) mass is 358 g/mol. The molecule has 1 heterocycles. The maximum absolute atomic E-state index is 14.2. The highest BCUT2D eigenvalue weighted by Gasteiger charge is 2.46. The number of hydrogen-bond acceptors (Lipinski definition) is 2. The second kappa shape index (κ2) is 7.18. The molecule has 142 valence electrons. The molecule has 2 N–H and O–H groups in total. The second-order valence-corrected chi connectivity index (χ2v) is 8.31. The average molecular weight is 359 g/mol. The quantitative estimate of drug-likeness (QED) is 0.607. The van der Waals surface area contributed by atoms with Crippen LogP contribution >= 0.6 is 0 Å². The summed E-state index contributed by atoms with van der Waals surface area (Å²) in [6.07, 6.45) is 5.92. The zero-order valence-corrected chi connectivity index (χ0v) is 16.0. The zero-order chi connectivity index (χ0) is 18.1. The predicted molar refractivity (Wildman–Crippen MR) is 104 cm³/mol. The third kappa shape index (κ3) is 3.73. The van der Waals surface area contributed by atoms with Crippen LogP contribution in [0.15, 0.2) is 29.3 Å². The Hall–Kier alpha value is -1.62. The van der Waals surface area contributed by atoms with Gasteiger partial charge in [0, 0.05) is 36.6 Å². The van der Waals surface area contributed by atoms with Gasteiger partial charge in [-0.25, -0.2) is 4.39 Å². The summed E-state index contributed by atoms with van der Waals surface area (Å²) in [7, 11) is 0. The molecule has 4 nitrogen and oxygen atoms in total. The Morgan fingerprint density at radius 2 is 2.08 bits per heavy atom. The van der Waals surface area contributed by atoms with Gasteiger partial charge in [-0.1, -0.05) is 18.2 Å². The summed E-state index contributed by atoms with van der Waals surface area (Å²) in [6.45, 7) is 7.02. The summed E-state index contributed by atoms with van der Waals surface area (Å²) < 4.78 is 14.2. The van der Waals surface area contributed by atoms with Gasteiger partial charge < -0.3 is 10.6 Å². The minimum atomic E-state index is -0.100. The molecular formula is C21H31FN4. The standard InChI is InChI=1S/C21H31FN4/c1-3-23-20(25-16-12-15(2)26(13-16)17-8-9-17)24-14-21(10-11-21)18-6-4-5-7-19(18)22/h4-7,15-17H,3,8-14H2,1-2H3,(H2,23,24,25). The minimum Gasteiger partial charge on any atom is -0.357 e. The molecule has 2 saturated carbocycles. The van der Waals surface area contributed by atoms with E-state index in [1.807, 2.05) is 12.1 Å². The van der Waals surface area contributed by atoms with Crippen LogP contribution in [0, 0.1) is 5.82 Å². The smallest absolute Gasteiger partial charge is 0.191 e. The Labute approximate surface area is 156 Å². The van der Waals surface area contributed by atoms with E-state index in [4.69, 9.17) is 4.99 Å². The molecule has 2 aliphatic carbocycles. The Balaban J connectivity index is 1.41. The molecule has 1 aromatic carbocycles. The highest BCUT2D eigenvalue weighted by molar-refractivity contribution is 5.80. The Bertz CT molecular complexity index is 666. The lowest BCUT2D eigenvalue weighted by atomic mass is 9.95. The number of guanidine groups is 1. The number of benzene rings is 1. The number of aliphatic imine (C=N–C) groups is 1. The SMILES string of the molecule is CCNC(=NCC1(c2ccccc2F)CC1)NC1CC(C)N(C2CC2)C1. The van der Waals surface area contributed by atoms with Crippen LogP contribution in [0.5, 0.6) is 0 Å². The van der Waals surface area contributed by atoms with Gasteiger partial charge in [-0.15, -0.1) is 0 Å². The van der Waals surface area contributed by atoms with E-state index in [0.29, 0.717) is 18.6 Å². The molecule has 0 aromatic heterocycles. The fourth-order valence-electron chi connectivity index (χ4n) is 4.37. The lowest BCUT2D eigenvalue weighted by molar-refractivity contribution is 0.256. The molecule has 0 bridgehead atoms. The highest BCUT2D eigenvalue weighted by atomic mass is 19.1. The highest BCUT2D eigenvalue weighted by Crippen LogP contribution is 2.49. The van der Waals surface area contributed by atoms with Crippen molar-refractivity contribution in [3.05, 3.63) is 35.6 Å². The maximum atomic E-state index is 14.2. The van der Waals surface area contributed by atoms with Gasteiger partial charge in [-0.3, -0.25) is 9.89 Å². The normalized spacial score (nSPS) is 28.2. The first-order chi connectivity index (χ1) is 12.6. The zero-order valence-electron chi connectivity index (χ0n) is 16.0. The third-order valence-electron chi connectivity index (χ3n) is 6.16. The van der Waals surface area contributed by atoms with Crippen molar-refractivity contribution in [3.8, 4) is 0 Å². The van der Waals surface area contributed by atoms with Crippen molar-refractivity contribution < 1.29 is 4.39 Å². The van der Waals surface area contributed by atoms with E-state index in [1.54, 1.807) is 12.1 Å². The molecular weight excluding hydrogens is 327 g/mol. The van der Waals surface area contributed by atoms with Gasteiger partial charge in [-0.05, 0) is 57.6 Å². The van der Waals surface area contributed by atoms with E-state index >= 15 is 0 Å².